The molecule has 0 heterocycles. The summed E-state index contributed by atoms with van der Waals surface area (Å²) in [4.78, 5) is 0. The smallest absolute Gasteiger partial charge is 0 e. The molecule has 1 aliphatic rings. The molecule has 2 aromatic carbocycles. The minimum absolute atomic E-state index is 0. The van der Waals surface area contributed by atoms with E-state index in [1.807, 2.05) is 0 Å². The van der Waals surface area contributed by atoms with Crippen molar-refractivity contribution < 1.29 is 21.7 Å². The van der Waals surface area contributed by atoms with E-state index in [-0.39, 0.29) is 51.9 Å². The summed E-state index contributed by atoms with van der Waals surface area (Å²) in [6, 6.07) is 22.0. The number of halogens is 2. The molecule has 0 nitrogen and oxygen atoms in total. The van der Waals surface area contributed by atoms with Gasteiger partial charge in [0.2, 0.25) is 0 Å². The SMILES string of the molecule is CC1=[C-]C(C)(C(C)P(c2ccccc2)c2ccccc2)C(C)=C1C.Cl.Cl.[Ti]. The predicted octanol–water partition coefficient (Wildman–Crippen LogP) is 6.45. The van der Waals surface area contributed by atoms with Crippen molar-refractivity contribution in [3.8, 4) is 0 Å². The third-order valence-electron chi connectivity index (χ3n) is 5.64. The Balaban J connectivity index is 0.00000225. The summed E-state index contributed by atoms with van der Waals surface area (Å²) in [5.41, 5.74) is 4.71. The second-order valence-corrected chi connectivity index (χ2v) is 9.47. The molecule has 4 heteroatoms. The molecule has 2 aromatic rings. The van der Waals surface area contributed by atoms with Crippen LogP contribution in [0.1, 0.15) is 34.6 Å². The second kappa shape index (κ2) is 11.0. The van der Waals surface area contributed by atoms with Gasteiger partial charge in [0, 0.05) is 21.7 Å². The van der Waals surface area contributed by atoms with E-state index in [0.717, 1.165) is 0 Å². The molecule has 0 amide bonds. The predicted molar refractivity (Wildman–Crippen MR) is 122 cm³/mol. The number of hydrogen-bond acceptors (Lipinski definition) is 0. The quantitative estimate of drug-likeness (QED) is 0.283. The van der Waals surface area contributed by atoms with Crippen LogP contribution in [0.2, 0.25) is 0 Å². The van der Waals surface area contributed by atoms with E-state index in [0.29, 0.717) is 5.66 Å². The topological polar surface area (TPSA) is 0 Å². The minimum Gasteiger partial charge on any atom is -0.262 e. The molecule has 0 saturated heterocycles. The summed E-state index contributed by atoms with van der Waals surface area (Å²) in [6.07, 6.45) is 3.81. The molecular weight excluding hydrogens is 426 g/mol. The Hall–Kier alpha value is -0.356. The van der Waals surface area contributed by atoms with E-state index in [1.54, 1.807) is 0 Å². The van der Waals surface area contributed by atoms with Crippen LogP contribution in [0, 0.1) is 11.5 Å². The van der Waals surface area contributed by atoms with Gasteiger partial charge >= 0.3 is 0 Å². The summed E-state index contributed by atoms with van der Waals surface area (Å²) < 4.78 is 0. The molecule has 2 atom stereocenters. The van der Waals surface area contributed by atoms with Crippen molar-refractivity contribution in [3.05, 3.63) is 83.5 Å². The maximum absolute atomic E-state index is 3.81. The third kappa shape index (κ3) is 5.17. The monoisotopic (exact) mass is 453 g/mol. The number of hydrogen-bond donors (Lipinski definition) is 0. The average Bonchev–Trinajstić information content (AvgIpc) is 2.81. The molecule has 0 N–H and O–H groups in total. The molecule has 3 rings (SSSR count). The van der Waals surface area contributed by atoms with Gasteiger partial charge in [0.1, 0.15) is 0 Å². The molecule has 0 fully saturated rings. The molecule has 0 aliphatic heterocycles. The fourth-order valence-electron chi connectivity index (χ4n) is 3.70. The molecule has 27 heavy (non-hydrogen) atoms. The second-order valence-electron chi connectivity index (χ2n) is 6.92. The Morgan fingerprint density at radius 3 is 1.56 bits per heavy atom. The Morgan fingerprint density at radius 2 is 1.22 bits per heavy atom. The zero-order valence-electron chi connectivity index (χ0n) is 16.6. The van der Waals surface area contributed by atoms with Crippen molar-refractivity contribution in [2.45, 2.75) is 40.3 Å². The van der Waals surface area contributed by atoms with Crippen molar-refractivity contribution in [1.29, 1.82) is 0 Å². The van der Waals surface area contributed by atoms with E-state index >= 15 is 0 Å². The fourth-order valence-corrected chi connectivity index (χ4v) is 6.65. The molecule has 1 aliphatic carbocycles. The van der Waals surface area contributed by atoms with E-state index < -0.39 is 7.92 Å². The van der Waals surface area contributed by atoms with Gasteiger partial charge in [-0.2, -0.15) is 11.1 Å². The van der Waals surface area contributed by atoms with Gasteiger partial charge in [-0.15, -0.1) is 31.7 Å². The first-order chi connectivity index (χ1) is 11.4. The van der Waals surface area contributed by atoms with Crippen LogP contribution in [-0.4, -0.2) is 5.66 Å². The maximum Gasteiger partial charge on any atom is 0 e. The first-order valence-corrected chi connectivity index (χ1v) is 10.1. The van der Waals surface area contributed by atoms with E-state index in [9.17, 15) is 0 Å². The Morgan fingerprint density at radius 1 is 0.815 bits per heavy atom. The summed E-state index contributed by atoms with van der Waals surface area (Å²) in [7, 11) is -0.446. The normalized spacial score (nSPS) is 19.6. The van der Waals surface area contributed by atoms with Gasteiger partial charge < -0.3 is 0 Å². The number of rotatable bonds is 4. The van der Waals surface area contributed by atoms with Crippen molar-refractivity contribution in [2.75, 3.05) is 0 Å². The standard InChI is InChI=1S/C23H26P.2ClH.Ti/c1-17-16-23(5,19(3)18(17)2)20(4)24(21-12-8-6-9-13-21)22-14-10-7-11-15-22;;;/h6-15,20H,1-5H3;2*1H;/q-1;;;. The van der Waals surface area contributed by atoms with Gasteiger partial charge in [0.25, 0.3) is 0 Å². The minimum atomic E-state index is -0.446. The Bertz CT molecular complexity index is 747. The van der Waals surface area contributed by atoms with Gasteiger partial charge in [-0.25, -0.2) is 5.57 Å². The first-order valence-electron chi connectivity index (χ1n) is 8.64. The number of allylic oxidation sites excluding steroid dienone is 4. The zero-order valence-corrected chi connectivity index (χ0v) is 20.7. The maximum atomic E-state index is 3.81. The largest absolute Gasteiger partial charge is 0.262 e. The van der Waals surface area contributed by atoms with Gasteiger partial charge in [-0.1, -0.05) is 93.8 Å². The molecule has 0 spiro atoms. The molecule has 0 bridgehead atoms. The molecule has 0 saturated carbocycles. The van der Waals surface area contributed by atoms with Crippen LogP contribution in [-0.2, 0) is 21.7 Å². The average molecular weight is 454 g/mol. The Kier molecular flexibility index (Phi) is 10.8. The number of benzene rings is 2. The summed E-state index contributed by atoms with van der Waals surface area (Å²) in [6.45, 7) is 11.5. The molecule has 0 radical (unpaired) electrons. The molecule has 2 unspecified atom stereocenters. The van der Waals surface area contributed by atoms with Crippen molar-refractivity contribution in [3.63, 3.8) is 0 Å². The van der Waals surface area contributed by atoms with Gasteiger partial charge in [0.15, 0.2) is 0 Å². The van der Waals surface area contributed by atoms with Crippen LogP contribution in [0.15, 0.2) is 77.4 Å². The van der Waals surface area contributed by atoms with Crippen molar-refractivity contribution in [1.82, 2.24) is 0 Å². The van der Waals surface area contributed by atoms with Crippen LogP contribution in [0.5, 0.6) is 0 Å². The molecular formula is C23H28Cl2PTi-. The Labute approximate surface area is 193 Å². The van der Waals surface area contributed by atoms with Crippen LogP contribution >= 0.6 is 32.7 Å². The van der Waals surface area contributed by atoms with Crippen molar-refractivity contribution in [2.24, 2.45) is 5.41 Å². The first kappa shape index (κ1) is 26.6. The molecule has 0 aromatic heterocycles. The van der Waals surface area contributed by atoms with Crippen molar-refractivity contribution >= 4 is 43.3 Å². The van der Waals surface area contributed by atoms with Gasteiger partial charge in [0.05, 0.1) is 0 Å². The van der Waals surface area contributed by atoms with Crippen LogP contribution in [0.3, 0.4) is 0 Å². The van der Waals surface area contributed by atoms with Crippen LogP contribution < -0.4 is 10.6 Å². The van der Waals surface area contributed by atoms with E-state index in [4.69, 9.17) is 0 Å². The zero-order chi connectivity index (χ0) is 17.3. The summed E-state index contributed by atoms with van der Waals surface area (Å²) >= 11 is 0. The summed E-state index contributed by atoms with van der Waals surface area (Å²) in [5, 5.41) is 2.90. The van der Waals surface area contributed by atoms with Crippen LogP contribution in [0.25, 0.3) is 0 Å². The van der Waals surface area contributed by atoms with Crippen LogP contribution in [0.4, 0.5) is 0 Å². The third-order valence-corrected chi connectivity index (χ3v) is 8.64. The fraction of sp³-hybridized carbons (Fsp3) is 0.304. The molecule has 144 valence electrons. The van der Waals surface area contributed by atoms with Gasteiger partial charge in [-0.05, 0) is 24.2 Å². The summed E-state index contributed by atoms with van der Waals surface area (Å²) in [5.74, 6) is 0. The van der Waals surface area contributed by atoms with E-state index in [2.05, 4.69) is 101 Å². The van der Waals surface area contributed by atoms with Gasteiger partial charge in [-0.3, -0.25) is 6.08 Å². The van der Waals surface area contributed by atoms with E-state index in [1.165, 1.54) is 27.3 Å².